The second-order valence-electron chi connectivity index (χ2n) is 5.83. The van der Waals surface area contributed by atoms with E-state index in [9.17, 15) is 9.59 Å². The molecule has 2 N–H and O–H groups in total. The molecule has 0 aromatic heterocycles. The van der Waals surface area contributed by atoms with Crippen molar-refractivity contribution in [2.24, 2.45) is 0 Å². The smallest absolute Gasteiger partial charge is 0.225 e. The monoisotopic (exact) mass is 318 g/mol. The predicted octanol–water partition coefficient (Wildman–Crippen LogP) is 1.61. The molecule has 1 heterocycles. The minimum Gasteiger partial charge on any atom is -0.326 e. The first-order valence-corrected chi connectivity index (χ1v) is 8.19. The highest BCUT2D eigenvalue weighted by Crippen LogP contribution is 2.14. The van der Waals surface area contributed by atoms with Crippen molar-refractivity contribution in [2.45, 2.75) is 20.3 Å². The van der Waals surface area contributed by atoms with E-state index in [1.807, 2.05) is 0 Å². The summed E-state index contributed by atoms with van der Waals surface area (Å²) in [4.78, 5) is 27.7. The van der Waals surface area contributed by atoms with Gasteiger partial charge < -0.3 is 20.4 Å². The summed E-state index contributed by atoms with van der Waals surface area (Å²) in [6.45, 7) is 9.79. The van der Waals surface area contributed by atoms with Gasteiger partial charge in [0.25, 0.3) is 0 Å². The number of hydrogen-bond donors (Lipinski definition) is 2. The molecule has 1 fully saturated rings. The van der Waals surface area contributed by atoms with Crippen LogP contribution >= 0.6 is 0 Å². The van der Waals surface area contributed by atoms with Crippen molar-refractivity contribution in [1.82, 2.24) is 9.80 Å². The van der Waals surface area contributed by atoms with Crippen LogP contribution in [-0.2, 0) is 9.59 Å². The molecular weight excluding hydrogens is 292 g/mol. The van der Waals surface area contributed by atoms with Gasteiger partial charge in [0.05, 0.1) is 0 Å². The van der Waals surface area contributed by atoms with Gasteiger partial charge in [-0.2, -0.15) is 0 Å². The van der Waals surface area contributed by atoms with Gasteiger partial charge in [-0.1, -0.05) is 6.92 Å². The first-order chi connectivity index (χ1) is 11.1. The SMILES string of the molecule is CCN1CCN(CCC(=O)Nc2ccc(NC(C)=O)cc2)CC1. The Hall–Kier alpha value is -1.92. The van der Waals surface area contributed by atoms with Crippen molar-refractivity contribution in [3.05, 3.63) is 24.3 Å². The van der Waals surface area contributed by atoms with Crippen molar-refractivity contribution in [3.8, 4) is 0 Å². The number of carbonyl (C=O) groups excluding carboxylic acids is 2. The molecule has 1 aliphatic rings. The van der Waals surface area contributed by atoms with Crippen LogP contribution in [0.3, 0.4) is 0 Å². The summed E-state index contributed by atoms with van der Waals surface area (Å²) in [5.41, 5.74) is 1.48. The topological polar surface area (TPSA) is 64.7 Å². The molecule has 1 aliphatic heterocycles. The van der Waals surface area contributed by atoms with Crippen LogP contribution in [0, 0.1) is 0 Å². The van der Waals surface area contributed by atoms with Gasteiger partial charge >= 0.3 is 0 Å². The largest absolute Gasteiger partial charge is 0.326 e. The molecule has 0 atom stereocenters. The standard InChI is InChI=1S/C17H26N4O2/c1-3-20-10-12-21(13-11-20)9-8-17(23)19-16-6-4-15(5-7-16)18-14(2)22/h4-7H,3,8-13H2,1-2H3,(H,18,22)(H,19,23). The van der Waals surface area contributed by atoms with Crippen LogP contribution in [-0.4, -0.2) is 60.9 Å². The van der Waals surface area contributed by atoms with Gasteiger partial charge in [0, 0.05) is 57.4 Å². The summed E-state index contributed by atoms with van der Waals surface area (Å²) in [6, 6.07) is 7.15. The molecule has 23 heavy (non-hydrogen) atoms. The number of carbonyl (C=O) groups is 2. The lowest BCUT2D eigenvalue weighted by atomic mass is 10.2. The highest BCUT2D eigenvalue weighted by molar-refractivity contribution is 5.92. The van der Waals surface area contributed by atoms with E-state index >= 15 is 0 Å². The van der Waals surface area contributed by atoms with Gasteiger partial charge in [0.1, 0.15) is 0 Å². The fraction of sp³-hybridized carbons (Fsp3) is 0.529. The number of nitrogens with one attached hydrogen (secondary N) is 2. The molecule has 0 unspecified atom stereocenters. The van der Waals surface area contributed by atoms with E-state index in [0.717, 1.165) is 50.6 Å². The van der Waals surface area contributed by atoms with Crippen LogP contribution in [0.25, 0.3) is 0 Å². The van der Waals surface area contributed by atoms with E-state index in [-0.39, 0.29) is 11.8 Å². The van der Waals surface area contributed by atoms with Crippen molar-refractivity contribution < 1.29 is 9.59 Å². The van der Waals surface area contributed by atoms with E-state index in [0.29, 0.717) is 6.42 Å². The van der Waals surface area contributed by atoms with Gasteiger partial charge in [-0.25, -0.2) is 0 Å². The maximum atomic E-state index is 12.0. The third kappa shape index (κ3) is 6.00. The first-order valence-electron chi connectivity index (χ1n) is 8.19. The predicted molar refractivity (Wildman–Crippen MR) is 92.5 cm³/mol. The molecule has 2 amide bonds. The second-order valence-corrected chi connectivity index (χ2v) is 5.83. The van der Waals surface area contributed by atoms with E-state index < -0.39 is 0 Å². The molecule has 1 aromatic rings. The van der Waals surface area contributed by atoms with Crippen molar-refractivity contribution in [3.63, 3.8) is 0 Å². The Bertz CT molecular complexity index is 522. The molecule has 0 aliphatic carbocycles. The molecular formula is C17H26N4O2. The molecule has 126 valence electrons. The lowest BCUT2D eigenvalue weighted by molar-refractivity contribution is -0.116. The van der Waals surface area contributed by atoms with Crippen molar-refractivity contribution >= 4 is 23.2 Å². The number of amides is 2. The molecule has 1 saturated heterocycles. The zero-order valence-corrected chi connectivity index (χ0v) is 14.0. The van der Waals surface area contributed by atoms with Gasteiger partial charge in [-0.3, -0.25) is 9.59 Å². The summed E-state index contributed by atoms with van der Waals surface area (Å²) < 4.78 is 0. The van der Waals surface area contributed by atoms with Gasteiger partial charge in [0.2, 0.25) is 11.8 Å². The number of rotatable bonds is 6. The van der Waals surface area contributed by atoms with Crippen LogP contribution in [0.4, 0.5) is 11.4 Å². The van der Waals surface area contributed by atoms with Crippen LogP contribution in [0.2, 0.25) is 0 Å². The maximum absolute atomic E-state index is 12.0. The fourth-order valence-electron chi connectivity index (χ4n) is 2.65. The summed E-state index contributed by atoms with van der Waals surface area (Å²) in [6.07, 6.45) is 0.500. The summed E-state index contributed by atoms with van der Waals surface area (Å²) in [5, 5.41) is 5.59. The summed E-state index contributed by atoms with van der Waals surface area (Å²) >= 11 is 0. The molecule has 6 heteroatoms. The highest BCUT2D eigenvalue weighted by atomic mass is 16.2. The number of benzene rings is 1. The lowest BCUT2D eigenvalue weighted by Crippen LogP contribution is -2.46. The van der Waals surface area contributed by atoms with Crippen LogP contribution < -0.4 is 10.6 Å². The Morgan fingerprint density at radius 1 is 0.957 bits per heavy atom. The molecule has 0 radical (unpaired) electrons. The Morgan fingerprint density at radius 2 is 1.48 bits per heavy atom. The average molecular weight is 318 g/mol. The normalized spacial score (nSPS) is 16.1. The average Bonchev–Trinajstić information content (AvgIpc) is 2.55. The molecule has 0 saturated carbocycles. The van der Waals surface area contributed by atoms with Crippen LogP contribution in [0.5, 0.6) is 0 Å². The van der Waals surface area contributed by atoms with E-state index in [1.165, 1.54) is 6.92 Å². The van der Waals surface area contributed by atoms with Crippen LogP contribution in [0.1, 0.15) is 20.3 Å². The highest BCUT2D eigenvalue weighted by Gasteiger charge is 2.16. The molecule has 0 spiro atoms. The Labute approximate surface area is 137 Å². The van der Waals surface area contributed by atoms with Crippen LogP contribution in [0.15, 0.2) is 24.3 Å². The Kier molecular flexibility index (Phi) is 6.55. The third-order valence-electron chi connectivity index (χ3n) is 4.06. The van der Waals surface area contributed by atoms with E-state index in [4.69, 9.17) is 0 Å². The van der Waals surface area contributed by atoms with Crippen molar-refractivity contribution in [2.75, 3.05) is 49.9 Å². The number of piperazine rings is 1. The van der Waals surface area contributed by atoms with Gasteiger partial charge in [-0.15, -0.1) is 0 Å². The lowest BCUT2D eigenvalue weighted by Gasteiger charge is -2.33. The Morgan fingerprint density at radius 3 is 2.00 bits per heavy atom. The molecule has 2 rings (SSSR count). The third-order valence-corrected chi connectivity index (χ3v) is 4.06. The molecule has 1 aromatic carbocycles. The van der Waals surface area contributed by atoms with Gasteiger partial charge in [0.15, 0.2) is 0 Å². The quantitative estimate of drug-likeness (QED) is 0.836. The summed E-state index contributed by atoms with van der Waals surface area (Å²) in [7, 11) is 0. The van der Waals surface area contributed by atoms with E-state index in [2.05, 4.69) is 27.4 Å². The fourth-order valence-corrected chi connectivity index (χ4v) is 2.65. The zero-order valence-electron chi connectivity index (χ0n) is 14.0. The minimum absolute atomic E-state index is 0.0233. The number of likely N-dealkylation sites (N-methyl/N-ethyl adjacent to an activating group) is 1. The number of nitrogens with zero attached hydrogens (tertiary/aromatic N) is 2. The zero-order chi connectivity index (χ0) is 16.7. The maximum Gasteiger partial charge on any atom is 0.225 e. The molecule has 0 bridgehead atoms. The minimum atomic E-state index is -0.107. The van der Waals surface area contributed by atoms with Crippen molar-refractivity contribution in [1.29, 1.82) is 0 Å². The molecule has 6 nitrogen and oxygen atoms in total. The van der Waals surface area contributed by atoms with E-state index in [1.54, 1.807) is 24.3 Å². The Balaban J connectivity index is 1.71. The number of hydrogen-bond acceptors (Lipinski definition) is 4. The first kappa shape index (κ1) is 17.4. The second kappa shape index (κ2) is 8.64. The summed E-state index contributed by atoms with van der Waals surface area (Å²) in [5.74, 6) is -0.0832. The number of anilines is 2. The van der Waals surface area contributed by atoms with Gasteiger partial charge in [-0.05, 0) is 30.8 Å².